The third-order valence-corrected chi connectivity index (χ3v) is 5.85. The number of anilines is 1. The maximum absolute atomic E-state index is 13.4. The summed E-state index contributed by atoms with van der Waals surface area (Å²) in [6, 6.07) is 3.03. The summed E-state index contributed by atoms with van der Waals surface area (Å²) >= 11 is 12.2. The summed E-state index contributed by atoms with van der Waals surface area (Å²) in [6.07, 6.45) is 1.17. The number of benzene rings is 1. The molecule has 0 saturated carbocycles. The molecule has 4 rings (SSSR count). The SMILES string of the molecule is Cc1noc(C(C)NC(=O)C(=O)c2c(Cl)c(C(=O)Nc3ccc(F)c(Cl)c3)c3n2CCC3)n1. The first-order chi connectivity index (χ1) is 15.7. The third kappa shape index (κ3) is 4.36. The first-order valence-corrected chi connectivity index (χ1v) is 10.8. The average Bonchev–Trinajstić information content (AvgIpc) is 3.46. The van der Waals surface area contributed by atoms with Crippen molar-refractivity contribution in [3.8, 4) is 0 Å². The van der Waals surface area contributed by atoms with E-state index in [-0.39, 0.29) is 32.9 Å². The predicted octanol–water partition coefficient (Wildman–Crippen LogP) is 3.88. The lowest BCUT2D eigenvalue weighted by atomic mass is 10.1. The fourth-order valence-electron chi connectivity index (χ4n) is 3.69. The van der Waals surface area contributed by atoms with Crippen LogP contribution in [0.1, 0.15) is 57.6 Å². The zero-order valence-corrected chi connectivity index (χ0v) is 19.1. The number of nitrogens with zero attached hydrogens (tertiary/aromatic N) is 3. The molecule has 1 aliphatic rings. The molecule has 2 N–H and O–H groups in total. The Hall–Kier alpha value is -3.24. The van der Waals surface area contributed by atoms with Gasteiger partial charge in [0.2, 0.25) is 5.89 Å². The summed E-state index contributed by atoms with van der Waals surface area (Å²) in [4.78, 5) is 42.7. The highest BCUT2D eigenvalue weighted by Crippen LogP contribution is 2.34. The second-order valence-corrected chi connectivity index (χ2v) is 8.31. The van der Waals surface area contributed by atoms with Crippen LogP contribution in [0, 0.1) is 12.7 Å². The largest absolute Gasteiger partial charge is 0.340 e. The van der Waals surface area contributed by atoms with Gasteiger partial charge in [-0.05, 0) is 44.9 Å². The van der Waals surface area contributed by atoms with Gasteiger partial charge in [-0.2, -0.15) is 4.98 Å². The van der Waals surface area contributed by atoms with Crippen molar-refractivity contribution in [3.63, 3.8) is 0 Å². The molecule has 0 fully saturated rings. The van der Waals surface area contributed by atoms with Crippen LogP contribution in [-0.2, 0) is 17.8 Å². The zero-order valence-electron chi connectivity index (χ0n) is 17.5. The van der Waals surface area contributed by atoms with Gasteiger partial charge in [0.25, 0.3) is 17.6 Å². The number of aromatic nitrogens is 3. The number of rotatable bonds is 6. The summed E-state index contributed by atoms with van der Waals surface area (Å²) < 4.78 is 20.0. The average molecular weight is 494 g/mol. The molecule has 1 atom stereocenters. The van der Waals surface area contributed by atoms with Crippen molar-refractivity contribution < 1.29 is 23.3 Å². The van der Waals surface area contributed by atoms with E-state index in [0.29, 0.717) is 30.9 Å². The fraction of sp³-hybridized carbons (Fsp3) is 0.286. The van der Waals surface area contributed by atoms with E-state index >= 15 is 0 Å². The molecule has 1 aromatic carbocycles. The van der Waals surface area contributed by atoms with Crippen LogP contribution in [-0.4, -0.2) is 32.3 Å². The monoisotopic (exact) mass is 493 g/mol. The fourth-order valence-corrected chi connectivity index (χ4v) is 4.25. The van der Waals surface area contributed by atoms with Crippen molar-refractivity contribution in [2.75, 3.05) is 5.32 Å². The highest BCUT2D eigenvalue weighted by Gasteiger charge is 2.35. The Bertz CT molecular complexity index is 1290. The number of carbonyl (C=O) groups excluding carboxylic acids is 3. The van der Waals surface area contributed by atoms with E-state index in [4.69, 9.17) is 27.7 Å². The van der Waals surface area contributed by atoms with Crippen molar-refractivity contribution in [1.29, 1.82) is 0 Å². The van der Waals surface area contributed by atoms with E-state index in [0.717, 1.165) is 6.07 Å². The van der Waals surface area contributed by atoms with Crippen molar-refractivity contribution in [3.05, 3.63) is 62.7 Å². The van der Waals surface area contributed by atoms with E-state index in [1.807, 2.05) is 0 Å². The van der Waals surface area contributed by atoms with Gasteiger partial charge in [-0.15, -0.1) is 0 Å². The van der Waals surface area contributed by atoms with Gasteiger partial charge >= 0.3 is 0 Å². The van der Waals surface area contributed by atoms with Crippen molar-refractivity contribution >= 4 is 46.5 Å². The van der Waals surface area contributed by atoms with Gasteiger partial charge in [-0.25, -0.2) is 4.39 Å². The number of nitrogens with one attached hydrogen (secondary N) is 2. The van der Waals surface area contributed by atoms with Gasteiger partial charge < -0.3 is 19.7 Å². The number of carbonyl (C=O) groups is 3. The van der Waals surface area contributed by atoms with E-state index in [2.05, 4.69) is 20.8 Å². The Labute approximate surface area is 197 Å². The number of hydrogen-bond acceptors (Lipinski definition) is 6. The molecule has 3 aromatic rings. The molecular formula is C21H18Cl2FN5O4. The molecule has 0 aliphatic carbocycles. The normalized spacial score (nSPS) is 13.5. The molecule has 0 saturated heterocycles. The predicted molar refractivity (Wildman–Crippen MR) is 117 cm³/mol. The first kappa shape index (κ1) is 22.9. The first-order valence-electron chi connectivity index (χ1n) is 10.00. The maximum Gasteiger partial charge on any atom is 0.294 e. The highest BCUT2D eigenvalue weighted by atomic mass is 35.5. The lowest BCUT2D eigenvalue weighted by Gasteiger charge is -2.10. The second-order valence-electron chi connectivity index (χ2n) is 7.53. The van der Waals surface area contributed by atoms with E-state index in [1.54, 1.807) is 18.4 Å². The van der Waals surface area contributed by atoms with E-state index < -0.39 is 29.5 Å². The molecule has 12 heteroatoms. The van der Waals surface area contributed by atoms with Gasteiger partial charge in [-0.1, -0.05) is 28.4 Å². The molecule has 2 amide bonds. The summed E-state index contributed by atoms with van der Waals surface area (Å²) in [7, 11) is 0. The van der Waals surface area contributed by atoms with Crippen LogP contribution in [0.15, 0.2) is 22.7 Å². The number of fused-ring (bicyclic) bond motifs is 1. The second kappa shape index (κ2) is 8.95. The van der Waals surface area contributed by atoms with Crippen molar-refractivity contribution in [2.45, 2.75) is 39.3 Å². The lowest BCUT2D eigenvalue weighted by molar-refractivity contribution is -0.117. The van der Waals surface area contributed by atoms with Crippen LogP contribution in [0.25, 0.3) is 0 Å². The summed E-state index contributed by atoms with van der Waals surface area (Å²) in [5, 5.41) is 8.49. The Morgan fingerprint density at radius 1 is 1.27 bits per heavy atom. The molecule has 33 heavy (non-hydrogen) atoms. The highest BCUT2D eigenvalue weighted by molar-refractivity contribution is 6.48. The summed E-state index contributed by atoms with van der Waals surface area (Å²) in [5.41, 5.74) is 0.821. The van der Waals surface area contributed by atoms with Crippen molar-refractivity contribution in [1.82, 2.24) is 20.0 Å². The number of ketones is 1. The van der Waals surface area contributed by atoms with Crippen LogP contribution in [0.4, 0.5) is 10.1 Å². The minimum Gasteiger partial charge on any atom is -0.340 e. The Kier molecular flexibility index (Phi) is 6.22. The smallest absolute Gasteiger partial charge is 0.294 e. The van der Waals surface area contributed by atoms with Gasteiger partial charge in [0, 0.05) is 17.9 Å². The molecule has 0 radical (unpaired) electrons. The minimum atomic E-state index is -0.926. The molecule has 9 nitrogen and oxygen atoms in total. The van der Waals surface area contributed by atoms with Gasteiger partial charge in [0.15, 0.2) is 5.82 Å². The van der Waals surface area contributed by atoms with Crippen molar-refractivity contribution in [2.24, 2.45) is 0 Å². The molecule has 172 valence electrons. The zero-order chi connectivity index (χ0) is 23.9. The number of halogens is 3. The van der Waals surface area contributed by atoms with Crippen LogP contribution >= 0.6 is 23.2 Å². The molecule has 1 unspecified atom stereocenters. The Balaban J connectivity index is 1.60. The van der Waals surface area contributed by atoms with Gasteiger partial charge in [0.05, 0.1) is 15.6 Å². The lowest BCUT2D eigenvalue weighted by Crippen LogP contribution is -2.34. The van der Waals surface area contributed by atoms with Gasteiger partial charge in [0.1, 0.15) is 17.6 Å². The molecule has 0 spiro atoms. The summed E-state index contributed by atoms with van der Waals surface area (Å²) in [6.45, 7) is 3.65. The molecular weight excluding hydrogens is 476 g/mol. The number of Topliss-reactive ketones (excluding diaryl/α,β-unsaturated/α-hetero) is 1. The maximum atomic E-state index is 13.4. The van der Waals surface area contributed by atoms with E-state index in [1.165, 1.54) is 12.1 Å². The molecule has 1 aliphatic heterocycles. The van der Waals surface area contributed by atoms with Crippen LogP contribution < -0.4 is 10.6 Å². The van der Waals surface area contributed by atoms with Crippen LogP contribution in [0.2, 0.25) is 10.0 Å². The molecule has 2 aromatic heterocycles. The Morgan fingerprint density at radius 2 is 2.03 bits per heavy atom. The molecule has 3 heterocycles. The van der Waals surface area contributed by atoms with E-state index in [9.17, 15) is 18.8 Å². The number of amides is 2. The molecule has 0 bridgehead atoms. The number of hydrogen-bond donors (Lipinski definition) is 2. The summed E-state index contributed by atoms with van der Waals surface area (Å²) in [5.74, 6) is -2.50. The standard InChI is InChI=1S/C21H18Cl2FN5O4/c1-9(21-26-10(2)28-33-21)25-20(32)18(30)17-16(23)15(14-4-3-7-29(14)17)19(31)27-11-5-6-13(24)12(22)8-11/h5-6,8-9H,3-4,7H2,1-2H3,(H,25,32)(H,27,31). The van der Waals surface area contributed by atoms with Gasteiger partial charge in [-0.3, -0.25) is 14.4 Å². The van der Waals surface area contributed by atoms with Crippen LogP contribution in [0.5, 0.6) is 0 Å². The number of aryl methyl sites for hydroxylation is 1. The quantitative estimate of drug-likeness (QED) is 0.397. The Morgan fingerprint density at radius 3 is 2.70 bits per heavy atom. The topological polar surface area (TPSA) is 119 Å². The van der Waals surface area contributed by atoms with Crippen LogP contribution in [0.3, 0.4) is 0 Å². The third-order valence-electron chi connectivity index (χ3n) is 5.19. The minimum absolute atomic E-state index is 0.0714.